The SMILES string of the molecule is [2H]OC(=O)CC([2H])([2H])C(=O)C([2H])([2H])[2H]. The maximum atomic E-state index is 10.9. The molecule has 3 nitrogen and oxygen atoms in total. The van der Waals surface area contributed by atoms with Crippen LogP contribution in [-0.4, -0.2) is 16.9 Å². The summed E-state index contributed by atoms with van der Waals surface area (Å²) in [6.45, 7) is -3.11. The lowest BCUT2D eigenvalue weighted by atomic mass is 10.2. The Morgan fingerprint density at radius 3 is 3.25 bits per heavy atom. The van der Waals surface area contributed by atoms with E-state index in [1.54, 1.807) is 0 Å². The molecule has 0 unspecified atom stereocenters. The maximum Gasteiger partial charge on any atom is 0.303 e. The second kappa shape index (κ2) is 3.18. The van der Waals surface area contributed by atoms with Crippen LogP contribution in [0.15, 0.2) is 0 Å². The average molecular weight is 122 g/mol. The quantitative estimate of drug-likeness (QED) is 0.591. The molecule has 8 heavy (non-hydrogen) atoms. The predicted octanol–water partition coefficient (Wildman–Crippen LogP) is 0.440. The molecular formula is C5H8O3. The van der Waals surface area contributed by atoms with Crippen molar-refractivity contribution >= 4 is 11.8 Å². The standard InChI is InChI=1S/C5H8O3/c1-4(6)2-3-5(7)8/h2-3H2,1H3,(H,7,8)/i1D3,2D2/hD. The van der Waals surface area contributed by atoms with Crippen molar-refractivity contribution in [3.05, 3.63) is 0 Å². The van der Waals surface area contributed by atoms with E-state index in [-0.39, 0.29) is 0 Å². The van der Waals surface area contributed by atoms with Crippen LogP contribution in [0.3, 0.4) is 0 Å². The van der Waals surface area contributed by atoms with Crippen LogP contribution in [0.1, 0.15) is 26.5 Å². The normalized spacial score (nSPS) is 22.5. The fourth-order valence-corrected chi connectivity index (χ4v) is 0.152. The predicted molar refractivity (Wildman–Crippen MR) is 27.6 cm³/mol. The molecule has 0 aromatic rings. The Morgan fingerprint density at radius 1 is 2.00 bits per heavy atom. The summed E-state index contributed by atoms with van der Waals surface area (Å²) in [4.78, 5) is 21.4. The van der Waals surface area contributed by atoms with E-state index in [9.17, 15) is 9.59 Å². The molecule has 0 saturated carbocycles. The van der Waals surface area contributed by atoms with Crippen LogP contribution in [0.5, 0.6) is 0 Å². The summed E-state index contributed by atoms with van der Waals surface area (Å²) in [7, 11) is 0. The summed E-state index contributed by atoms with van der Waals surface area (Å²) >= 11 is 0. The molecule has 0 aromatic heterocycles. The molecule has 0 aliphatic rings. The van der Waals surface area contributed by atoms with Gasteiger partial charge in [-0.05, 0) is 6.85 Å². The minimum atomic E-state index is -3.11. The fraction of sp³-hybridized carbons (Fsp3) is 0.600. The zero-order chi connectivity index (χ0) is 11.6. The Labute approximate surface area is 55.8 Å². The van der Waals surface area contributed by atoms with Crippen molar-refractivity contribution < 1.29 is 21.6 Å². The van der Waals surface area contributed by atoms with Gasteiger partial charge in [0.05, 0.1) is 6.42 Å². The number of rotatable bonds is 3. The number of Topliss-reactive ketones (excluding diaryl/α,β-unsaturated/α-hetero) is 1. The van der Waals surface area contributed by atoms with E-state index in [1.807, 2.05) is 0 Å². The average Bonchev–Trinajstić information content (AvgIpc) is 2.00. The second-order valence-electron chi connectivity index (χ2n) is 1.05. The monoisotopic (exact) mass is 122 g/mol. The lowest BCUT2D eigenvalue weighted by Crippen LogP contribution is -1.98. The number of carbonyl (C=O) groups is 2. The Hall–Kier alpha value is -0.860. The molecule has 3 heteroatoms. The molecule has 0 atom stereocenters. The smallest absolute Gasteiger partial charge is 0.303 e. The van der Waals surface area contributed by atoms with Crippen LogP contribution in [0.4, 0.5) is 0 Å². The number of carbonyl (C=O) groups excluding carboxylic acids is 1. The molecule has 0 fully saturated rings. The van der Waals surface area contributed by atoms with Gasteiger partial charge < -0.3 is 9.90 Å². The van der Waals surface area contributed by atoms with Gasteiger partial charge in [0.25, 0.3) is 1.43 Å². The van der Waals surface area contributed by atoms with E-state index in [0.29, 0.717) is 0 Å². The van der Waals surface area contributed by atoms with Crippen LogP contribution in [-0.2, 0) is 9.59 Å². The number of hydrogen-bond acceptors (Lipinski definition) is 3. The fourth-order valence-electron chi connectivity index (χ4n) is 0.152. The molecule has 0 aliphatic heterocycles. The van der Waals surface area contributed by atoms with Crippen molar-refractivity contribution in [1.82, 2.24) is 0 Å². The third-order valence-electron chi connectivity index (χ3n) is 0.393. The molecule has 0 heterocycles. The molecule has 46 valence electrons. The first-order valence-electron chi connectivity index (χ1n) is 4.73. The Kier molecular flexibility index (Phi) is 0.726. The molecule has 0 bridgehead atoms. The lowest BCUT2D eigenvalue weighted by molar-refractivity contribution is -0.138. The molecule has 0 aromatic carbocycles. The van der Waals surface area contributed by atoms with Crippen molar-refractivity contribution in [3.8, 4) is 0 Å². The van der Waals surface area contributed by atoms with Gasteiger partial charge in [-0.2, -0.15) is 0 Å². The lowest BCUT2D eigenvalue weighted by Gasteiger charge is -1.86. The van der Waals surface area contributed by atoms with E-state index >= 15 is 0 Å². The highest BCUT2D eigenvalue weighted by Gasteiger charge is 1.97. The molecule has 0 rings (SSSR count). The van der Waals surface area contributed by atoms with Crippen molar-refractivity contribution in [3.63, 3.8) is 0 Å². The van der Waals surface area contributed by atoms with Gasteiger partial charge in [-0.15, -0.1) is 0 Å². The molecular weight excluding hydrogens is 108 g/mol. The third kappa shape index (κ3) is 5.14. The number of hydrogen-bond donors (Lipinski definition) is 1. The van der Waals surface area contributed by atoms with Crippen molar-refractivity contribution in [2.45, 2.75) is 19.6 Å². The van der Waals surface area contributed by atoms with Crippen LogP contribution >= 0.6 is 0 Å². The summed E-state index contributed by atoms with van der Waals surface area (Å²) < 4.78 is 40.0. The molecule has 1 N–H and O–H groups in total. The van der Waals surface area contributed by atoms with Crippen LogP contribution in [0.2, 0.25) is 0 Å². The van der Waals surface area contributed by atoms with Gasteiger partial charge >= 0.3 is 5.97 Å². The zero-order valence-corrected chi connectivity index (χ0v) is 3.93. The topological polar surface area (TPSA) is 54.4 Å². The van der Waals surface area contributed by atoms with Crippen molar-refractivity contribution in [1.29, 1.82) is 1.43 Å². The first-order valence-corrected chi connectivity index (χ1v) is 1.82. The highest BCUT2D eigenvalue weighted by Crippen LogP contribution is 1.87. The van der Waals surface area contributed by atoms with Crippen LogP contribution in [0.25, 0.3) is 1.43 Å². The van der Waals surface area contributed by atoms with E-state index in [4.69, 9.17) is 8.28 Å². The van der Waals surface area contributed by atoms with E-state index in [2.05, 4.69) is 5.11 Å². The molecule has 0 radical (unpaired) electrons. The molecule has 0 amide bonds. The van der Waals surface area contributed by atoms with Crippen LogP contribution < -0.4 is 0 Å². The van der Waals surface area contributed by atoms with Crippen molar-refractivity contribution in [2.75, 3.05) is 0 Å². The van der Waals surface area contributed by atoms with Crippen LogP contribution in [0, 0.1) is 0 Å². The summed E-state index contributed by atoms with van der Waals surface area (Å²) in [5, 5.41) is 3.38. The van der Waals surface area contributed by atoms with Gasteiger partial charge in [0, 0.05) is 13.2 Å². The summed E-state index contributed by atoms with van der Waals surface area (Å²) in [5.74, 6) is -2.97. The van der Waals surface area contributed by atoms with Gasteiger partial charge in [0.15, 0.2) is 0 Å². The molecule has 0 saturated heterocycles. The number of carboxylic acids is 1. The van der Waals surface area contributed by atoms with Gasteiger partial charge in [-0.25, -0.2) is 0 Å². The minimum absolute atomic E-state index is 1.08. The van der Waals surface area contributed by atoms with E-state index < -0.39 is 31.4 Å². The highest BCUT2D eigenvalue weighted by atomic mass is 16.4. The van der Waals surface area contributed by atoms with Gasteiger partial charge in [-0.3, -0.25) is 4.79 Å². The first kappa shape index (κ1) is 1.83. The first-order chi connectivity index (χ1) is 6.11. The van der Waals surface area contributed by atoms with Crippen molar-refractivity contribution in [2.24, 2.45) is 0 Å². The van der Waals surface area contributed by atoms with Gasteiger partial charge in [0.1, 0.15) is 5.78 Å². The van der Waals surface area contributed by atoms with E-state index in [0.717, 1.165) is 0 Å². The van der Waals surface area contributed by atoms with Gasteiger partial charge in [0.2, 0.25) is 0 Å². The molecule has 0 spiro atoms. The number of ketones is 1. The van der Waals surface area contributed by atoms with E-state index in [1.165, 1.54) is 0 Å². The Morgan fingerprint density at radius 2 is 2.75 bits per heavy atom. The maximum absolute atomic E-state index is 10.9. The summed E-state index contributed by atoms with van der Waals surface area (Å²) in [6.07, 6.45) is -3.91. The Balaban J connectivity index is 4.63. The minimum Gasteiger partial charge on any atom is -0.481 e. The highest BCUT2D eigenvalue weighted by molar-refractivity contribution is 5.80. The Bertz CT molecular complexity index is 244. The largest absolute Gasteiger partial charge is 0.481 e. The summed E-state index contributed by atoms with van der Waals surface area (Å²) in [6, 6.07) is 0. The zero-order valence-electron chi connectivity index (χ0n) is 9.93. The molecule has 0 aliphatic carbocycles. The number of carboxylic acid groups (broad SMARTS) is 1. The van der Waals surface area contributed by atoms with Gasteiger partial charge in [-0.1, -0.05) is 0 Å². The third-order valence-corrected chi connectivity index (χ3v) is 0.393. The number of aliphatic carboxylic acids is 1. The second-order valence-corrected chi connectivity index (χ2v) is 1.05. The summed E-state index contributed by atoms with van der Waals surface area (Å²) in [5.41, 5.74) is 0.